The molecule has 2 aliphatic rings. The summed E-state index contributed by atoms with van der Waals surface area (Å²) in [5.74, 6) is 0.0565. The highest BCUT2D eigenvalue weighted by Gasteiger charge is 2.36. The van der Waals surface area contributed by atoms with E-state index in [9.17, 15) is 14.0 Å². The molecule has 0 spiro atoms. The topological polar surface area (TPSA) is 53.5 Å². The van der Waals surface area contributed by atoms with E-state index in [0.717, 1.165) is 35.4 Å². The SMILES string of the molecule is Cc1cc(Cc2cccc(F)c2)cc(C2CCN(C(=O)C3CC(=O)N(C)C3)CC2)n1. The lowest BCUT2D eigenvalue weighted by Gasteiger charge is -2.33. The van der Waals surface area contributed by atoms with E-state index in [2.05, 4.69) is 12.1 Å². The van der Waals surface area contributed by atoms with Crippen LogP contribution in [0.2, 0.25) is 0 Å². The molecule has 4 rings (SSSR count). The van der Waals surface area contributed by atoms with Crippen LogP contribution in [0.3, 0.4) is 0 Å². The molecule has 3 heterocycles. The number of likely N-dealkylation sites (tertiary alicyclic amines) is 2. The summed E-state index contributed by atoms with van der Waals surface area (Å²) in [6.45, 7) is 3.92. The van der Waals surface area contributed by atoms with Crippen molar-refractivity contribution in [3.05, 3.63) is 64.7 Å². The smallest absolute Gasteiger partial charge is 0.227 e. The summed E-state index contributed by atoms with van der Waals surface area (Å²) >= 11 is 0. The van der Waals surface area contributed by atoms with Crippen LogP contribution < -0.4 is 0 Å². The lowest BCUT2D eigenvalue weighted by Crippen LogP contribution is -2.42. The Labute approximate surface area is 176 Å². The second-order valence-corrected chi connectivity index (χ2v) is 8.62. The van der Waals surface area contributed by atoms with E-state index in [4.69, 9.17) is 4.98 Å². The van der Waals surface area contributed by atoms with E-state index in [0.29, 0.717) is 38.4 Å². The third-order valence-electron chi connectivity index (χ3n) is 6.25. The van der Waals surface area contributed by atoms with Crippen molar-refractivity contribution in [1.82, 2.24) is 14.8 Å². The van der Waals surface area contributed by atoms with Crippen LogP contribution in [0.25, 0.3) is 0 Å². The van der Waals surface area contributed by atoms with Gasteiger partial charge in [-0.05, 0) is 61.6 Å². The van der Waals surface area contributed by atoms with E-state index in [1.807, 2.05) is 17.9 Å². The van der Waals surface area contributed by atoms with Gasteiger partial charge in [-0.2, -0.15) is 0 Å². The second kappa shape index (κ2) is 8.54. The zero-order valence-electron chi connectivity index (χ0n) is 17.6. The number of benzene rings is 1. The predicted octanol–water partition coefficient (Wildman–Crippen LogP) is 3.30. The number of pyridine rings is 1. The zero-order chi connectivity index (χ0) is 21.3. The van der Waals surface area contributed by atoms with Gasteiger partial charge in [0.25, 0.3) is 0 Å². The molecule has 2 aliphatic heterocycles. The molecule has 0 aliphatic carbocycles. The first-order chi connectivity index (χ1) is 14.4. The summed E-state index contributed by atoms with van der Waals surface area (Å²) in [5, 5.41) is 0. The van der Waals surface area contributed by atoms with Gasteiger partial charge in [0.05, 0.1) is 5.92 Å². The van der Waals surface area contributed by atoms with Crippen LogP contribution in [0, 0.1) is 18.7 Å². The van der Waals surface area contributed by atoms with Crippen LogP contribution in [-0.2, 0) is 16.0 Å². The predicted molar refractivity (Wildman–Crippen MR) is 112 cm³/mol. The molecule has 1 atom stereocenters. The number of hydrogen-bond donors (Lipinski definition) is 0. The molecule has 0 radical (unpaired) electrons. The fourth-order valence-corrected chi connectivity index (χ4v) is 4.64. The van der Waals surface area contributed by atoms with Crippen molar-refractivity contribution < 1.29 is 14.0 Å². The van der Waals surface area contributed by atoms with Gasteiger partial charge in [-0.1, -0.05) is 12.1 Å². The number of carbonyl (C=O) groups is 2. The van der Waals surface area contributed by atoms with Crippen molar-refractivity contribution in [3.8, 4) is 0 Å². The number of piperidine rings is 1. The highest BCUT2D eigenvalue weighted by atomic mass is 19.1. The summed E-state index contributed by atoms with van der Waals surface area (Å²) in [6, 6.07) is 10.9. The van der Waals surface area contributed by atoms with Gasteiger partial charge >= 0.3 is 0 Å². The molecule has 5 nitrogen and oxygen atoms in total. The number of nitrogens with zero attached hydrogens (tertiary/aromatic N) is 3. The molecule has 2 amide bonds. The molecule has 1 aromatic heterocycles. The summed E-state index contributed by atoms with van der Waals surface area (Å²) in [6.07, 6.45) is 2.75. The summed E-state index contributed by atoms with van der Waals surface area (Å²) < 4.78 is 13.5. The summed E-state index contributed by atoms with van der Waals surface area (Å²) in [4.78, 5) is 32.8. The van der Waals surface area contributed by atoms with Crippen LogP contribution >= 0.6 is 0 Å². The normalized spacial score (nSPS) is 20.1. The Balaban J connectivity index is 1.40. The van der Waals surface area contributed by atoms with Crippen LogP contribution in [0.5, 0.6) is 0 Å². The maximum atomic E-state index is 13.5. The fourth-order valence-electron chi connectivity index (χ4n) is 4.64. The number of aryl methyl sites for hydroxylation is 1. The highest BCUT2D eigenvalue weighted by Crippen LogP contribution is 2.30. The minimum Gasteiger partial charge on any atom is -0.345 e. The van der Waals surface area contributed by atoms with Crippen molar-refractivity contribution in [1.29, 1.82) is 0 Å². The lowest BCUT2D eigenvalue weighted by molar-refractivity contribution is -0.136. The standard InChI is InChI=1S/C24H28FN3O2/c1-16-10-18(11-17-4-3-5-21(25)12-17)13-22(26-16)19-6-8-28(9-7-19)24(30)20-14-23(29)27(2)15-20/h3-5,10,12-13,19-20H,6-9,11,14-15H2,1-2H3. The first-order valence-corrected chi connectivity index (χ1v) is 10.6. The van der Waals surface area contributed by atoms with Crippen LogP contribution in [0.1, 0.15) is 47.7 Å². The third kappa shape index (κ3) is 4.53. The van der Waals surface area contributed by atoms with Crippen molar-refractivity contribution in [2.24, 2.45) is 5.92 Å². The van der Waals surface area contributed by atoms with Gasteiger partial charge in [0, 0.05) is 50.4 Å². The largest absolute Gasteiger partial charge is 0.345 e. The molecule has 158 valence electrons. The van der Waals surface area contributed by atoms with Crippen molar-refractivity contribution in [2.75, 3.05) is 26.7 Å². The Kier molecular flexibility index (Phi) is 5.84. The summed E-state index contributed by atoms with van der Waals surface area (Å²) in [7, 11) is 1.76. The minimum absolute atomic E-state index is 0.0537. The maximum absolute atomic E-state index is 13.5. The van der Waals surface area contributed by atoms with Crippen LogP contribution in [0.15, 0.2) is 36.4 Å². The van der Waals surface area contributed by atoms with Gasteiger partial charge in [-0.3, -0.25) is 14.6 Å². The average Bonchev–Trinajstić information content (AvgIpc) is 3.05. The molecular formula is C24H28FN3O2. The molecule has 0 N–H and O–H groups in total. The molecule has 2 fully saturated rings. The Morgan fingerprint density at radius 3 is 2.60 bits per heavy atom. The van der Waals surface area contributed by atoms with Gasteiger partial charge in [0.15, 0.2) is 0 Å². The lowest BCUT2D eigenvalue weighted by atomic mass is 9.90. The zero-order valence-corrected chi connectivity index (χ0v) is 17.6. The van der Waals surface area contributed by atoms with Gasteiger partial charge in [0.1, 0.15) is 5.82 Å². The van der Waals surface area contributed by atoms with Crippen LogP contribution in [-0.4, -0.2) is 53.3 Å². The monoisotopic (exact) mass is 409 g/mol. The van der Waals surface area contributed by atoms with Crippen LogP contribution in [0.4, 0.5) is 4.39 Å². The number of carbonyl (C=O) groups excluding carboxylic acids is 2. The molecular weight excluding hydrogens is 381 g/mol. The quantitative estimate of drug-likeness (QED) is 0.779. The Morgan fingerprint density at radius 1 is 1.17 bits per heavy atom. The van der Waals surface area contributed by atoms with E-state index < -0.39 is 0 Å². The number of amides is 2. The van der Waals surface area contributed by atoms with Crippen molar-refractivity contribution in [3.63, 3.8) is 0 Å². The number of aromatic nitrogens is 1. The van der Waals surface area contributed by atoms with Gasteiger partial charge in [0.2, 0.25) is 11.8 Å². The van der Waals surface area contributed by atoms with E-state index >= 15 is 0 Å². The molecule has 2 aromatic rings. The fraction of sp³-hybridized carbons (Fsp3) is 0.458. The van der Waals surface area contributed by atoms with Gasteiger partial charge in [-0.25, -0.2) is 4.39 Å². The average molecular weight is 410 g/mol. The molecule has 1 unspecified atom stereocenters. The molecule has 6 heteroatoms. The van der Waals surface area contributed by atoms with Gasteiger partial charge in [-0.15, -0.1) is 0 Å². The summed E-state index contributed by atoms with van der Waals surface area (Å²) in [5.41, 5.74) is 4.10. The van der Waals surface area contributed by atoms with E-state index in [-0.39, 0.29) is 23.5 Å². The molecule has 30 heavy (non-hydrogen) atoms. The number of halogens is 1. The number of hydrogen-bond acceptors (Lipinski definition) is 3. The third-order valence-corrected chi connectivity index (χ3v) is 6.25. The molecule has 0 saturated carbocycles. The molecule has 2 saturated heterocycles. The highest BCUT2D eigenvalue weighted by molar-refractivity contribution is 5.89. The first-order valence-electron chi connectivity index (χ1n) is 10.6. The molecule has 1 aromatic carbocycles. The Hall–Kier alpha value is -2.76. The van der Waals surface area contributed by atoms with Crippen molar-refractivity contribution in [2.45, 2.75) is 38.5 Å². The molecule has 0 bridgehead atoms. The van der Waals surface area contributed by atoms with E-state index in [1.54, 1.807) is 24.1 Å². The first kappa shape index (κ1) is 20.5. The van der Waals surface area contributed by atoms with Gasteiger partial charge < -0.3 is 9.80 Å². The Bertz CT molecular complexity index is 953. The maximum Gasteiger partial charge on any atom is 0.227 e. The Morgan fingerprint density at radius 2 is 1.93 bits per heavy atom. The van der Waals surface area contributed by atoms with E-state index in [1.165, 1.54) is 6.07 Å². The number of rotatable bonds is 4. The second-order valence-electron chi connectivity index (χ2n) is 8.62. The van der Waals surface area contributed by atoms with Crippen molar-refractivity contribution >= 4 is 11.8 Å². The minimum atomic E-state index is -0.217.